The van der Waals surface area contributed by atoms with E-state index in [9.17, 15) is 13.5 Å². The van der Waals surface area contributed by atoms with E-state index in [1.165, 1.54) is 6.26 Å². The fourth-order valence-electron chi connectivity index (χ4n) is 1.82. The Labute approximate surface area is 116 Å². The average Bonchev–Trinajstić information content (AvgIpc) is 2.28. The lowest BCUT2D eigenvalue weighted by molar-refractivity contribution is 0.0149. The van der Waals surface area contributed by atoms with Gasteiger partial charge in [0.25, 0.3) is 0 Å². The first kappa shape index (κ1) is 16.8. The van der Waals surface area contributed by atoms with Gasteiger partial charge in [-0.1, -0.05) is 0 Å². The van der Waals surface area contributed by atoms with Crippen LogP contribution in [0.5, 0.6) is 0 Å². The molecule has 1 heterocycles. The summed E-state index contributed by atoms with van der Waals surface area (Å²) in [6.45, 7) is 7.80. The molecule has 7 heteroatoms. The van der Waals surface area contributed by atoms with Crippen LogP contribution in [-0.2, 0) is 14.6 Å². The molecule has 19 heavy (non-hydrogen) atoms. The number of ether oxygens (including phenoxy) is 1. The second-order valence-electron chi connectivity index (χ2n) is 5.73. The summed E-state index contributed by atoms with van der Waals surface area (Å²) in [5.74, 6) is 0. The van der Waals surface area contributed by atoms with Gasteiger partial charge in [-0.25, -0.2) is 8.42 Å². The van der Waals surface area contributed by atoms with Gasteiger partial charge in [0.15, 0.2) is 9.84 Å². The van der Waals surface area contributed by atoms with Gasteiger partial charge in [-0.3, -0.25) is 4.90 Å². The van der Waals surface area contributed by atoms with E-state index < -0.39 is 20.7 Å². The Morgan fingerprint density at radius 3 is 2.47 bits per heavy atom. The highest BCUT2D eigenvalue weighted by Crippen LogP contribution is 2.13. The van der Waals surface area contributed by atoms with Crippen LogP contribution in [0.4, 0.5) is 0 Å². The molecule has 114 valence electrons. The molecule has 0 amide bonds. The SMILES string of the molecule is CC(C)(CNCC(O)CN1CCOCC1)S(C)(=O)=O. The highest BCUT2D eigenvalue weighted by molar-refractivity contribution is 7.92. The molecule has 1 aliphatic rings. The number of aliphatic hydroxyl groups is 1. The lowest BCUT2D eigenvalue weighted by Gasteiger charge is -2.29. The van der Waals surface area contributed by atoms with Crippen molar-refractivity contribution in [3.05, 3.63) is 0 Å². The highest BCUT2D eigenvalue weighted by Gasteiger charge is 2.29. The first-order valence-electron chi connectivity index (χ1n) is 6.61. The molecule has 0 saturated carbocycles. The van der Waals surface area contributed by atoms with E-state index in [2.05, 4.69) is 10.2 Å². The molecule has 0 bridgehead atoms. The van der Waals surface area contributed by atoms with Gasteiger partial charge in [-0.2, -0.15) is 0 Å². The molecule has 1 unspecified atom stereocenters. The van der Waals surface area contributed by atoms with Crippen molar-refractivity contribution in [2.24, 2.45) is 0 Å². The van der Waals surface area contributed by atoms with Gasteiger partial charge in [0.05, 0.1) is 24.1 Å². The summed E-state index contributed by atoms with van der Waals surface area (Å²) in [6, 6.07) is 0. The van der Waals surface area contributed by atoms with Gasteiger partial charge in [0.1, 0.15) is 0 Å². The fourth-order valence-corrected chi connectivity index (χ4v) is 2.18. The number of hydrogen-bond acceptors (Lipinski definition) is 6. The van der Waals surface area contributed by atoms with Crippen molar-refractivity contribution < 1.29 is 18.3 Å². The third kappa shape index (κ3) is 5.74. The van der Waals surface area contributed by atoms with Crippen molar-refractivity contribution in [3.63, 3.8) is 0 Å². The molecule has 1 atom stereocenters. The molecule has 1 fully saturated rings. The third-order valence-electron chi connectivity index (χ3n) is 3.51. The minimum atomic E-state index is -3.10. The summed E-state index contributed by atoms with van der Waals surface area (Å²) < 4.78 is 27.5. The predicted molar refractivity (Wildman–Crippen MR) is 75.1 cm³/mol. The maximum atomic E-state index is 11.5. The van der Waals surface area contributed by atoms with E-state index in [4.69, 9.17) is 4.74 Å². The second kappa shape index (κ2) is 6.99. The normalized spacial score (nSPS) is 20.4. The lowest BCUT2D eigenvalue weighted by atomic mass is 10.2. The Hall–Kier alpha value is -0.210. The molecule has 2 N–H and O–H groups in total. The molecule has 0 aliphatic carbocycles. The van der Waals surface area contributed by atoms with Crippen LogP contribution in [0, 0.1) is 0 Å². The molecule has 0 aromatic rings. The quantitative estimate of drug-likeness (QED) is 0.633. The Morgan fingerprint density at radius 2 is 1.95 bits per heavy atom. The van der Waals surface area contributed by atoms with Gasteiger partial charge in [-0.05, 0) is 13.8 Å². The summed E-state index contributed by atoms with van der Waals surface area (Å²) in [5, 5.41) is 12.9. The van der Waals surface area contributed by atoms with Gasteiger partial charge < -0.3 is 15.2 Å². The largest absolute Gasteiger partial charge is 0.390 e. The lowest BCUT2D eigenvalue weighted by Crippen LogP contribution is -2.47. The molecule has 6 nitrogen and oxygen atoms in total. The van der Waals surface area contributed by atoms with E-state index in [0.29, 0.717) is 32.8 Å². The molecule has 0 radical (unpaired) electrons. The molecule has 1 saturated heterocycles. The maximum Gasteiger partial charge on any atom is 0.153 e. The summed E-state index contributed by atoms with van der Waals surface area (Å²) in [6.07, 6.45) is 0.743. The zero-order valence-electron chi connectivity index (χ0n) is 12.1. The number of hydrogen-bond donors (Lipinski definition) is 2. The van der Waals surface area contributed by atoms with Gasteiger partial charge in [0.2, 0.25) is 0 Å². The minimum Gasteiger partial charge on any atom is -0.390 e. The monoisotopic (exact) mass is 294 g/mol. The van der Waals surface area contributed by atoms with Crippen molar-refractivity contribution in [1.29, 1.82) is 0 Å². The van der Waals surface area contributed by atoms with E-state index in [-0.39, 0.29) is 0 Å². The van der Waals surface area contributed by atoms with Gasteiger partial charge >= 0.3 is 0 Å². The third-order valence-corrected chi connectivity index (χ3v) is 5.66. The second-order valence-corrected chi connectivity index (χ2v) is 8.38. The van der Waals surface area contributed by atoms with Crippen LogP contribution >= 0.6 is 0 Å². The summed E-state index contributed by atoms with van der Waals surface area (Å²) in [5.41, 5.74) is 0. The Bertz CT molecular complexity index is 364. The van der Waals surface area contributed by atoms with Crippen LogP contribution in [0.2, 0.25) is 0 Å². The first-order chi connectivity index (χ1) is 8.72. The highest BCUT2D eigenvalue weighted by atomic mass is 32.2. The summed E-state index contributed by atoms with van der Waals surface area (Å²) >= 11 is 0. The van der Waals surface area contributed by atoms with Crippen molar-refractivity contribution in [2.75, 3.05) is 52.2 Å². The summed E-state index contributed by atoms with van der Waals surface area (Å²) in [7, 11) is -3.10. The van der Waals surface area contributed by atoms with Crippen molar-refractivity contribution >= 4 is 9.84 Å². The van der Waals surface area contributed by atoms with Crippen molar-refractivity contribution in [2.45, 2.75) is 24.7 Å². The fraction of sp³-hybridized carbons (Fsp3) is 1.00. The molecular weight excluding hydrogens is 268 g/mol. The van der Waals surface area contributed by atoms with E-state index in [1.54, 1.807) is 13.8 Å². The molecule has 0 spiro atoms. The zero-order valence-corrected chi connectivity index (χ0v) is 12.9. The average molecular weight is 294 g/mol. The van der Waals surface area contributed by atoms with E-state index in [1.807, 2.05) is 0 Å². The number of nitrogens with zero attached hydrogens (tertiary/aromatic N) is 1. The van der Waals surface area contributed by atoms with Crippen LogP contribution in [-0.4, -0.2) is 81.5 Å². The van der Waals surface area contributed by atoms with Crippen LogP contribution in [0.15, 0.2) is 0 Å². The maximum absolute atomic E-state index is 11.5. The topological polar surface area (TPSA) is 78.9 Å². The van der Waals surface area contributed by atoms with Crippen LogP contribution < -0.4 is 5.32 Å². The van der Waals surface area contributed by atoms with Gasteiger partial charge in [0, 0.05) is 39.0 Å². The number of aliphatic hydroxyl groups excluding tert-OH is 1. The van der Waals surface area contributed by atoms with Crippen LogP contribution in [0.3, 0.4) is 0 Å². The van der Waals surface area contributed by atoms with Gasteiger partial charge in [-0.15, -0.1) is 0 Å². The molecular formula is C12H26N2O4S. The first-order valence-corrected chi connectivity index (χ1v) is 8.50. The van der Waals surface area contributed by atoms with Crippen molar-refractivity contribution in [1.82, 2.24) is 10.2 Å². The van der Waals surface area contributed by atoms with E-state index in [0.717, 1.165) is 13.1 Å². The minimum absolute atomic E-state index is 0.339. The standard InChI is InChI=1S/C12H26N2O4S/c1-12(2,19(3,16)17)10-13-8-11(15)9-14-4-6-18-7-5-14/h11,13,15H,4-10H2,1-3H3. The Kier molecular flexibility index (Phi) is 6.19. The summed E-state index contributed by atoms with van der Waals surface area (Å²) in [4.78, 5) is 2.15. The molecule has 1 aliphatic heterocycles. The zero-order chi connectivity index (χ0) is 14.5. The smallest absolute Gasteiger partial charge is 0.153 e. The predicted octanol–water partition coefficient (Wildman–Crippen LogP) is -0.908. The number of morpholine rings is 1. The van der Waals surface area contributed by atoms with Crippen LogP contribution in [0.1, 0.15) is 13.8 Å². The van der Waals surface area contributed by atoms with Crippen LogP contribution in [0.25, 0.3) is 0 Å². The molecule has 0 aromatic heterocycles. The van der Waals surface area contributed by atoms with Crippen molar-refractivity contribution in [3.8, 4) is 0 Å². The Morgan fingerprint density at radius 1 is 1.37 bits per heavy atom. The number of β-amino-alcohol motifs (C(OH)–C–C–N with tert-alkyl or cyclic N) is 1. The molecule has 0 aromatic carbocycles. The van der Waals surface area contributed by atoms with E-state index >= 15 is 0 Å². The number of nitrogens with one attached hydrogen (secondary N) is 1. The Balaban J connectivity index is 2.25. The number of rotatable bonds is 7. The number of sulfone groups is 1. The molecule has 1 rings (SSSR count).